The SMILES string of the molecule is C=CCOCCS(=O)(=O)N(C(N)=O)c1cccc2ccccc12. The highest BCUT2D eigenvalue weighted by Gasteiger charge is 2.28. The fraction of sp³-hybridized carbons (Fsp3) is 0.188. The van der Waals surface area contributed by atoms with Crippen LogP contribution >= 0.6 is 0 Å². The second-order valence-electron chi connectivity index (χ2n) is 4.78. The average Bonchev–Trinajstić information content (AvgIpc) is 2.51. The zero-order valence-electron chi connectivity index (χ0n) is 12.5. The van der Waals surface area contributed by atoms with E-state index in [1.165, 1.54) is 6.08 Å². The van der Waals surface area contributed by atoms with Crippen molar-refractivity contribution >= 4 is 32.5 Å². The number of rotatable bonds is 7. The second-order valence-corrected chi connectivity index (χ2v) is 6.72. The van der Waals surface area contributed by atoms with Gasteiger partial charge in [-0.1, -0.05) is 42.5 Å². The van der Waals surface area contributed by atoms with E-state index >= 15 is 0 Å². The Labute approximate surface area is 135 Å². The van der Waals surface area contributed by atoms with Gasteiger partial charge in [-0.15, -0.1) is 6.58 Å². The first-order chi connectivity index (χ1) is 11.0. The molecule has 2 N–H and O–H groups in total. The Balaban J connectivity index is 2.41. The first-order valence-corrected chi connectivity index (χ1v) is 8.57. The zero-order chi connectivity index (χ0) is 16.9. The molecular weight excluding hydrogens is 316 g/mol. The van der Waals surface area contributed by atoms with Crippen LogP contribution in [0.25, 0.3) is 10.8 Å². The molecule has 0 radical (unpaired) electrons. The maximum absolute atomic E-state index is 12.5. The van der Waals surface area contributed by atoms with Crippen LogP contribution in [-0.2, 0) is 14.8 Å². The molecule has 2 amide bonds. The molecule has 0 atom stereocenters. The molecule has 2 rings (SSSR count). The molecule has 0 saturated carbocycles. The van der Waals surface area contributed by atoms with Crippen LogP contribution in [0, 0.1) is 0 Å². The Morgan fingerprint density at radius 2 is 1.91 bits per heavy atom. The van der Waals surface area contributed by atoms with Crippen molar-refractivity contribution in [2.24, 2.45) is 5.73 Å². The molecule has 2 aromatic rings. The van der Waals surface area contributed by atoms with Crippen molar-refractivity contribution < 1.29 is 17.9 Å². The summed E-state index contributed by atoms with van der Waals surface area (Å²) in [5.41, 5.74) is 5.56. The van der Waals surface area contributed by atoms with Crippen molar-refractivity contribution in [2.45, 2.75) is 0 Å². The van der Waals surface area contributed by atoms with Crippen molar-refractivity contribution in [3.63, 3.8) is 0 Å². The van der Waals surface area contributed by atoms with Crippen molar-refractivity contribution in [3.8, 4) is 0 Å². The van der Waals surface area contributed by atoms with E-state index in [9.17, 15) is 13.2 Å². The van der Waals surface area contributed by atoms with Crippen LogP contribution in [0.15, 0.2) is 55.1 Å². The predicted octanol–water partition coefficient (Wildman–Crippen LogP) is 2.26. The van der Waals surface area contributed by atoms with Crippen LogP contribution in [-0.4, -0.2) is 33.4 Å². The van der Waals surface area contributed by atoms with Crippen LogP contribution in [0.4, 0.5) is 10.5 Å². The van der Waals surface area contributed by atoms with Gasteiger partial charge in [0.1, 0.15) is 0 Å². The Kier molecular flexibility index (Phi) is 5.36. The highest BCUT2D eigenvalue weighted by Crippen LogP contribution is 2.28. The normalized spacial score (nSPS) is 11.3. The summed E-state index contributed by atoms with van der Waals surface area (Å²) in [4.78, 5) is 11.8. The molecule has 0 spiro atoms. The number of benzene rings is 2. The molecule has 0 fully saturated rings. The van der Waals surface area contributed by atoms with Gasteiger partial charge in [-0.25, -0.2) is 13.2 Å². The van der Waals surface area contributed by atoms with Crippen LogP contribution in [0.5, 0.6) is 0 Å². The lowest BCUT2D eigenvalue weighted by atomic mass is 10.1. The molecule has 6 nitrogen and oxygen atoms in total. The molecule has 0 aliphatic carbocycles. The summed E-state index contributed by atoms with van der Waals surface area (Å²) < 4.78 is 30.7. The van der Waals surface area contributed by atoms with E-state index < -0.39 is 16.1 Å². The van der Waals surface area contributed by atoms with Gasteiger partial charge in [0, 0.05) is 5.39 Å². The fourth-order valence-corrected chi connectivity index (χ4v) is 3.46. The molecule has 2 aromatic carbocycles. The Morgan fingerprint density at radius 1 is 1.22 bits per heavy atom. The Hall–Kier alpha value is -2.38. The summed E-state index contributed by atoms with van der Waals surface area (Å²) in [5, 5.41) is 1.44. The number of primary amides is 1. The average molecular weight is 334 g/mol. The lowest BCUT2D eigenvalue weighted by molar-refractivity contribution is 0.179. The van der Waals surface area contributed by atoms with Crippen molar-refractivity contribution in [2.75, 3.05) is 23.3 Å². The van der Waals surface area contributed by atoms with Crippen LogP contribution in [0.3, 0.4) is 0 Å². The number of nitrogens with two attached hydrogens (primary N) is 1. The number of carbonyl (C=O) groups is 1. The number of ether oxygens (including phenoxy) is 1. The third-order valence-corrected chi connectivity index (χ3v) is 4.80. The third kappa shape index (κ3) is 3.88. The summed E-state index contributed by atoms with van der Waals surface area (Å²) >= 11 is 0. The maximum Gasteiger partial charge on any atom is 0.333 e. The van der Waals surface area contributed by atoms with E-state index in [0.717, 1.165) is 5.39 Å². The topological polar surface area (TPSA) is 89.7 Å². The standard InChI is InChI=1S/C16H18N2O4S/c1-2-10-22-11-12-23(20,21)18(16(17)19)15-9-5-7-13-6-3-4-8-14(13)15/h2-9H,1,10-12H2,(H2,17,19). The zero-order valence-corrected chi connectivity index (χ0v) is 13.3. The van der Waals surface area contributed by atoms with Crippen LogP contribution < -0.4 is 10.0 Å². The smallest absolute Gasteiger partial charge is 0.333 e. The van der Waals surface area contributed by atoms with Crippen LogP contribution in [0.2, 0.25) is 0 Å². The Bertz CT molecular complexity index is 812. The van der Waals surface area contributed by atoms with Gasteiger partial charge in [0.25, 0.3) is 0 Å². The lowest BCUT2D eigenvalue weighted by Gasteiger charge is -2.22. The first kappa shape index (κ1) is 17.0. The van der Waals surface area contributed by atoms with E-state index in [1.807, 2.05) is 18.2 Å². The van der Waals surface area contributed by atoms with Crippen molar-refractivity contribution in [1.82, 2.24) is 0 Å². The largest absolute Gasteiger partial charge is 0.376 e. The number of anilines is 1. The molecular formula is C16H18N2O4S. The minimum atomic E-state index is -3.95. The molecule has 0 aromatic heterocycles. The number of nitrogens with zero attached hydrogens (tertiary/aromatic N) is 1. The summed E-state index contributed by atoms with van der Waals surface area (Å²) in [6.07, 6.45) is 1.52. The highest BCUT2D eigenvalue weighted by atomic mass is 32.2. The highest BCUT2D eigenvalue weighted by molar-refractivity contribution is 7.93. The fourth-order valence-electron chi connectivity index (χ4n) is 2.21. The van der Waals surface area contributed by atoms with E-state index in [4.69, 9.17) is 10.5 Å². The van der Waals surface area contributed by atoms with Gasteiger partial charge in [0.05, 0.1) is 24.7 Å². The molecule has 0 aliphatic rings. The quantitative estimate of drug-likeness (QED) is 0.621. The van der Waals surface area contributed by atoms with E-state index in [1.54, 1.807) is 24.3 Å². The maximum atomic E-state index is 12.5. The molecule has 122 valence electrons. The van der Waals surface area contributed by atoms with Gasteiger partial charge < -0.3 is 10.5 Å². The predicted molar refractivity (Wildman–Crippen MR) is 90.8 cm³/mol. The second kappa shape index (κ2) is 7.26. The first-order valence-electron chi connectivity index (χ1n) is 6.96. The number of hydrogen-bond acceptors (Lipinski definition) is 4. The van der Waals surface area contributed by atoms with Gasteiger partial charge in [-0.3, -0.25) is 0 Å². The molecule has 23 heavy (non-hydrogen) atoms. The van der Waals surface area contributed by atoms with E-state index in [-0.39, 0.29) is 24.7 Å². The number of sulfonamides is 1. The summed E-state index contributed by atoms with van der Waals surface area (Å²) in [6.45, 7) is 3.66. The monoisotopic (exact) mass is 334 g/mol. The summed E-state index contributed by atoms with van der Waals surface area (Å²) in [7, 11) is -3.95. The number of carbonyl (C=O) groups excluding carboxylic acids is 1. The van der Waals surface area contributed by atoms with E-state index in [2.05, 4.69) is 6.58 Å². The molecule has 0 bridgehead atoms. The van der Waals surface area contributed by atoms with Gasteiger partial charge in [-0.2, -0.15) is 4.31 Å². The summed E-state index contributed by atoms with van der Waals surface area (Å²) in [6, 6.07) is 11.2. The van der Waals surface area contributed by atoms with Gasteiger partial charge in [0.15, 0.2) is 0 Å². The van der Waals surface area contributed by atoms with Crippen LogP contribution in [0.1, 0.15) is 0 Å². The van der Waals surface area contributed by atoms with Gasteiger partial charge in [0.2, 0.25) is 10.0 Å². The minimum Gasteiger partial charge on any atom is -0.376 e. The minimum absolute atomic E-state index is 0.0527. The molecule has 0 aliphatic heterocycles. The number of amides is 2. The molecule has 0 heterocycles. The van der Waals surface area contributed by atoms with Crippen molar-refractivity contribution in [1.29, 1.82) is 0 Å². The Morgan fingerprint density at radius 3 is 2.61 bits per heavy atom. The number of urea groups is 1. The molecule has 7 heteroatoms. The number of hydrogen-bond donors (Lipinski definition) is 1. The molecule has 0 unspecified atom stereocenters. The summed E-state index contributed by atoms with van der Waals surface area (Å²) in [5.74, 6) is -0.354. The van der Waals surface area contributed by atoms with Gasteiger partial charge in [-0.05, 0) is 11.5 Å². The third-order valence-electron chi connectivity index (χ3n) is 3.19. The van der Waals surface area contributed by atoms with E-state index in [0.29, 0.717) is 9.69 Å². The van der Waals surface area contributed by atoms with Crippen molar-refractivity contribution in [3.05, 3.63) is 55.1 Å². The van der Waals surface area contributed by atoms with Gasteiger partial charge >= 0.3 is 6.03 Å². The number of fused-ring (bicyclic) bond motifs is 1. The lowest BCUT2D eigenvalue weighted by Crippen LogP contribution is -2.43. The molecule has 0 saturated heterocycles.